The Bertz CT molecular complexity index is 686. The summed E-state index contributed by atoms with van der Waals surface area (Å²) in [5, 5.41) is -0.0105. The molecule has 1 heterocycles. The molecule has 3 nitrogen and oxygen atoms in total. The highest BCUT2D eigenvalue weighted by atomic mass is 35.5. The SMILES string of the molecule is COC(=O)c1nc(Cl)ccc1-c1ccccc1C(F)(F)F. The van der Waals surface area contributed by atoms with Crippen LogP contribution in [0.5, 0.6) is 0 Å². The fraction of sp³-hybridized carbons (Fsp3) is 0.143. The summed E-state index contributed by atoms with van der Waals surface area (Å²) in [6.45, 7) is 0. The van der Waals surface area contributed by atoms with E-state index in [0.29, 0.717) is 0 Å². The van der Waals surface area contributed by atoms with E-state index in [2.05, 4.69) is 9.72 Å². The van der Waals surface area contributed by atoms with Crippen molar-refractivity contribution in [3.05, 3.63) is 52.8 Å². The molecular formula is C14H9ClF3NO2. The van der Waals surface area contributed by atoms with E-state index in [1.165, 1.54) is 30.3 Å². The lowest BCUT2D eigenvalue weighted by Gasteiger charge is -2.14. The van der Waals surface area contributed by atoms with Crippen LogP contribution in [0.3, 0.4) is 0 Å². The quantitative estimate of drug-likeness (QED) is 0.615. The van der Waals surface area contributed by atoms with Crippen LogP contribution in [0.4, 0.5) is 13.2 Å². The van der Waals surface area contributed by atoms with Gasteiger partial charge in [-0.25, -0.2) is 9.78 Å². The summed E-state index contributed by atoms with van der Waals surface area (Å²) in [6, 6.07) is 7.54. The van der Waals surface area contributed by atoms with Crippen LogP contribution in [0.15, 0.2) is 36.4 Å². The minimum atomic E-state index is -4.55. The molecule has 0 aliphatic heterocycles. The fourth-order valence-electron chi connectivity index (χ4n) is 1.87. The Hall–Kier alpha value is -2.08. The van der Waals surface area contributed by atoms with Crippen molar-refractivity contribution in [3.63, 3.8) is 0 Å². The summed E-state index contributed by atoms with van der Waals surface area (Å²) in [5.74, 6) is -0.857. The van der Waals surface area contributed by atoms with Crippen molar-refractivity contribution in [1.82, 2.24) is 4.98 Å². The minimum Gasteiger partial charge on any atom is -0.464 e. The van der Waals surface area contributed by atoms with Crippen LogP contribution in [0, 0.1) is 0 Å². The molecule has 1 aromatic carbocycles. The Kier molecular flexibility index (Phi) is 4.18. The van der Waals surface area contributed by atoms with Gasteiger partial charge in [-0.05, 0) is 23.8 Å². The molecule has 0 aliphatic carbocycles. The van der Waals surface area contributed by atoms with Crippen LogP contribution < -0.4 is 0 Å². The van der Waals surface area contributed by atoms with E-state index < -0.39 is 17.7 Å². The molecule has 2 rings (SSSR count). The third kappa shape index (κ3) is 3.16. The van der Waals surface area contributed by atoms with E-state index in [4.69, 9.17) is 11.6 Å². The first-order valence-corrected chi connectivity index (χ1v) is 6.14. The average Bonchev–Trinajstić information content (AvgIpc) is 2.45. The van der Waals surface area contributed by atoms with Gasteiger partial charge >= 0.3 is 12.1 Å². The number of halogens is 4. The third-order valence-electron chi connectivity index (χ3n) is 2.76. The van der Waals surface area contributed by atoms with Gasteiger partial charge in [-0.15, -0.1) is 0 Å². The second-order valence-electron chi connectivity index (χ2n) is 4.07. The van der Waals surface area contributed by atoms with Crippen molar-refractivity contribution in [2.75, 3.05) is 7.11 Å². The maximum atomic E-state index is 13.1. The molecule has 21 heavy (non-hydrogen) atoms. The fourth-order valence-corrected chi connectivity index (χ4v) is 2.02. The van der Waals surface area contributed by atoms with Gasteiger partial charge in [0.05, 0.1) is 12.7 Å². The lowest BCUT2D eigenvalue weighted by atomic mass is 9.98. The van der Waals surface area contributed by atoms with E-state index in [9.17, 15) is 18.0 Å². The zero-order valence-corrected chi connectivity index (χ0v) is 11.5. The van der Waals surface area contributed by atoms with Crippen molar-refractivity contribution in [1.29, 1.82) is 0 Å². The van der Waals surface area contributed by atoms with Gasteiger partial charge in [-0.2, -0.15) is 13.2 Å². The lowest BCUT2D eigenvalue weighted by Crippen LogP contribution is -2.11. The highest BCUT2D eigenvalue weighted by molar-refractivity contribution is 6.29. The van der Waals surface area contributed by atoms with Crippen molar-refractivity contribution in [2.45, 2.75) is 6.18 Å². The average molecular weight is 316 g/mol. The summed E-state index contributed by atoms with van der Waals surface area (Å²) in [7, 11) is 1.12. The number of nitrogens with zero attached hydrogens (tertiary/aromatic N) is 1. The number of ether oxygens (including phenoxy) is 1. The molecule has 0 atom stereocenters. The molecule has 7 heteroatoms. The van der Waals surface area contributed by atoms with Crippen LogP contribution in [0.2, 0.25) is 5.15 Å². The number of benzene rings is 1. The first-order chi connectivity index (χ1) is 9.84. The van der Waals surface area contributed by atoms with E-state index in [1.54, 1.807) is 0 Å². The molecule has 0 aliphatic rings. The molecule has 2 aromatic rings. The predicted molar refractivity (Wildman–Crippen MR) is 71.0 cm³/mol. The molecule has 0 spiro atoms. The molecule has 0 unspecified atom stereocenters. The van der Waals surface area contributed by atoms with Crippen molar-refractivity contribution >= 4 is 17.6 Å². The van der Waals surface area contributed by atoms with Gasteiger partial charge in [0.1, 0.15) is 5.15 Å². The minimum absolute atomic E-state index is 0.0105. The van der Waals surface area contributed by atoms with Crippen molar-refractivity contribution < 1.29 is 22.7 Å². The van der Waals surface area contributed by atoms with Crippen molar-refractivity contribution in [3.8, 4) is 11.1 Å². The third-order valence-corrected chi connectivity index (χ3v) is 2.97. The summed E-state index contributed by atoms with van der Waals surface area (Å²) >= 11 is 5.69. The Morgan fingerprint density at radius 2 is 1.81 bits per heavy atom. The normalized spacial score (nSPS) is 11.3. The maximum absolute atomic E-state index is 13.1. The topological polar surface area (TPSA) is 39.2 Å². The molecule has 0 bridgehead atoms. The highest BCUT2D eigenvalue weighted by Gasteiger charge is 2.34. The van der Waals surface area contributed by atoms with Crippen LogP contribution in [0.25, 0.3) is 11.1 Å². The Morgan fingerprint density at radius 1 is 1.14 bits per heavy atom. The van der Waals surface area contributed by atoms with Gasteiger partial charge in [-0.3, -0.25) is 0 Å². The second-order valence-corrected chi connectivity index (χ2v) is 4.45. The molecule has 0 fully saturated rings. The molecule has 0 amide bonds. The lowest BCUT2D eigenvalue weighted by molar-refractivity contribution is -0.137. The Morgan fingerprint density at radius 3 is 2.43 bits per heavy atom. The molecular weight excluding hydrogens is 307 g/mol. The van der Waals surface area contributed by atoms with Crippen LogP contribution in [-0.4, -0.2) is 18.1 Å². The van der Waals surface area contributed by atoms with Gasteiger partial charge in [-0.1, -0.05) is 29.8 Å². The molecule has 0 radical (unpaired) electrons. The van der Waals surface area contributed by atoms with Gasteiger partial charge in [0.15, 0.2) is 5.69 Å². The monoisotopic (exact) mass is 315 g/mol. The van der Waals surface area contributed by atoms with Gasteiger partial charge < -0.3 is 4.74 Å². The van der Waals surface area contributed by atoms with Gasteiger partial charge in [0.2, 0.25) is 0 Å². The molecule has 1 aromatic heterocycles. The number of esters is 1. The first kappa shape index (κ1) is 15.3. The number of methoxy groups -OCH3 is 1. The van der Waals surface area contributed by atoms with E-state index >= 15 is 0 Å². The number of hydrogen-bond donors (Lipinski definition) is 0. The van der Waals surface area contributed by atoms with E-state index in [-0.39, 0.29) is 22.0 Å². The molecule has 0 N–H and O–H groups in total. The summed E-state index contributed by atoms with van der Waals surface area (Å²) in [6.07, 6.45) is -4.55. The molecule has 110 valence electrons. The standard InChI is InChI=1S/C14H9ClF3NO2/c1-21-13(20)12-9(6-7-11(15)19-12)8-4-2-3-5-10(8)14(16,17)18/h2-7H,1H3. The number of carbonyl (C=O) groups is 1. The zero-order chi connectivity index (χ0) is 15.6. The second kappa shape index (κ2) is 5.73. The number of alkyl halides is 3. The summed E-state index contributed by atoms with van der Waals surface area (Å²) in [4.78, 5) is 15.5. The molecule has 0 saturated carbocycles. The number of carbonyl (C=O) groups excluding carboxylic acids is 1. The van der Waals surface area contributed by atoms with Crippen molar-refractivity contribution in [2.24, 2.45) is 0 Å². The maximum Gasteiger partial charge on any atom is 0.417 e. The van der Waals surface area contributed by atoms with Gasteiger partial charge in [0.25, 0.3) is 0 Å². The zero-order valence-electron chi connectivity index (χ0n) is 10.7. The first-order valence-electron chi connectivity index (χ1n) is 5.76. The Labute approximate surface area is 123 Å². The Balaban J connectivity index is 2.71. The molecule has 0 saturated heterocycles. The smallest absolute Gasteiger partial charge is 0.417 e. The van der Waals surface area contributed by atoms with Crippen LogP contribution in [0.1, 0.15) is 16.1 Å². The van der Waals surface area contributed by atoms with E-state index in [1.807, 2.05) is 0 Å². The number of aromatic nitrogens is 1. The highest BCUT2D eigenvalue weighted by Crippen LogP contribution is 2.38. The van der Waals surface area contributed by atoms with Crippen LogP contribution in [-0.2, 0) is 10.9 Å². The largest absolute Gasteiger partial charge is 0.464 e. The number of pyridine rings is 1. The van der Waals surface area contributed by atoms with E-state index in [0.717, 1.165) is 13.2 Å². The summed E-state index contributed by atoms with van der Waals surface area (Å²) < 4.78 is 43.7. The number of rotatable bonds is 2. The predicted octanol–water partition coefficient (Wildman–Crippen LogP) is 4.21. The summed E-state index contributed by atoms with van der Waals surface area (Å²) in [5.41, 5.74) is -1.27. The van der Waals surface area contributed by atoms with Crippen LogP contribution >= 0.6 is 11.6 Å². The number of hydrogen-bond acceptors (Lipinski definition) is 3. The van der Waals surface area contributed by atoms with Gasteiger partial charge in [0, 0.05) is 5.56 Å².